The van der Waals surface area contributed by atoms with E-state index in [0.717, 1.165) is 5.01 Å². The summed E-state index contributed by atoms with van der Waals surface area (Å²) in [6, 6.07) is 15.4. The highest BCUT2D eigenvalue weighted by atomic mass is 32.2. The van der Waals surface area contributed by atoms with Crippen LogP contribution in [0.25, 0.3) is 0 Å². The number of hydrogen-bond acceptors (Lipinski definition) is 7. The molecule has 0 aliphatic carbocycles. The zero-order chi connectivity index (χ0) is 19.4. The van der Waals surface area contributed by atoms with E-state index in [4.69, 9.17) is 0 Å². The summed E-state index contributed by atoms with van der Waals surface area (Å²) in [5.74, 6) is -0.619. The number of anilines is 1. The van der Waals surface area contributed by atoms with E-state index in [1.54, 1.807) is 42.5 Å². The third-order valence-corrected chi connectivity index (χ3v) is 5.66. The van der Waals surface area contributed by atoms with Gasteiger partial charge in [-0.15, -0.1) is 0 Å². The lowest BCUT2D eigenvalue weighted by molar-refractivity contribution is -0.117. The minimum absolute atomic E-state index is 0.0251. The molecule has 0 bridgehead atoms. The van der Waals surface area contributed by atoms with Crippen molar-refractivity contribution in [3.63, 3.8) is 0 Å². The van der Waals surface area contributed by atoms with Crippen molar-refractivity contribution in [2.24, 2.45) is 15.3 Å². The molecule has 0 spiro atoms. The Hall–Kier alpha value is -3.38. The highest BCUT2D eigenvalue weighted by Crippen LogP contribution is 2.27. The average molecular weight is 381 g/mol. The molecule has 0 radical (unpaired) electrons. The molecule has 27 heavy (non-hydrogen) atoms. The quantitative estimate of drug-likeness (QED) is 0.740. The highest BCUT2D eigenvalue weighted by Gasteiger charge is 2.37. The van der Waals surface area contributed by atoms with Gasteiger partial charge in [-0.2, -0.15) is 25.6 Å². The monoisotopic (exact) mass is 381 g/mol. The third kappa shape index (κ3) is 3.61. The molecule has 136 valence electrons. The lowest BCUT2D eigenvalue weighted by Crippen LogP contribution is -2.30. The molecule has 2 aromatic rings. The van der Waals surface area contributed by atoms with Crippen molar-refractivity contribution in [1.82, 2.24) is 0 Å². The summed E-state index contributed by atoms with van der Waals surface area (Å²) >= 11 is 0. The SMILES string of the molecule is CCS(=O)(=O)c1ccccc1N=NC1C(=O)N(c2ccccc2)N=C1C#N. The predicted octanol–water partition coefficient (Wildman–Crippen LogP) is 2.86. The zero-order valence-corrected chi connectivity index (χ0v) is 15.2. The van der Waals surface area contributed by atoms with Gasteiger partial charge in [0, 0.05) is 0 Å². The van der Waals surface area contributed by atoms with E-state index in [1.807, 2.05) is 6.07 Å². The van der Waals surface area contributed by atoms with Crippen LogP contribution in [0, 0.1) is 11.3 Å². The van der Waals surface area contributed by atoms with Crippen LogP contribution < -0.4 is 5.01 Å². The molecule has 1 aliphatic heterocycles. The van der Waals surface area contributed by atoms with Crippen molar-refractivity contribution in [3.8, 4) is 6.07 Å². The van der Waals surface area contributed by atoms with Gasteiger partial charge in [0.25, 0.3) is 5.91 Å². The fourth-order valence-corrected chi connectivity index (χ4v) is 3.49. The van der Waals surface area contributed by atoms with Crippen molar-refractivity contribution < 1.29 is 13.2 Å². The molecule has 0 saturated heterocycles. The second kappa shape index (κ2) is 7.47. The number of rotatable bonds is 5. The molecular weight excluding hydrogens is 366 g/mol. The third-order valence-electron chi connectivity index (χ3n) is 3.89. The van der Waals surface area contributed by atoms with Crippen LogP contribution in [0.2, 0.25) is 0 Å². The Morgan fingerprint density at radius 1 is 1.15 bits per heavy atom. The summed E-state index contributed by atoms with van der Waals surface area (Å²) in [7, 11) is -3.51. The van der Waals surface area contributed by atoms with E-state index in [1.165, 1.54) is 19.1 Å². The molecule has 0 fully saturated rings. The summed E-state index contributed by atoms with van der Waals surface area (Å²) in [6.07, 6.45) is 0. The van der Waals surface area contributed by atoms with Crippen molar-refractivity contribution >= 4 is 32.8 Å². The summed E-state index contributed by atoms with van der Waals surface area (Å²) in [5.41, 5.74) is 0.507. The molecule has 0 N–H and O–H groups in total. The number of amides is 1. The van der Waals surface area contributed by atoms with Crippen molar-refractivity contribution in [2.45, 2.75) is 17.9 Å². The van der Waals surface area contributed by atoms with Crippen LogP contribution in [0.3, 0.4) is 0 Å². The lowest BCUT2D eigenvalue weighted by atomic mass is 10.2. The number of nitriles is 1. The average Bonchev–Trinajstić information content (AvgIpc) is 3.02. The molecule has 0 saturated carbocycles. The molecule has 2 aromatic carbocycles. The smallest absolute Gasteiger partial charge is 0.269 e. The Morgan fingerprint density at radius 3 is 2.48 bits per heavy atom. The van der Waals surface area contributed by atoms with E-state index in [9.17, 15) is 18.5 Å². The number of hydrazone groups is 1. The van der Waals surface area contributed by atoms with Gasteiger partial charge in [0.1, 0.15) is 11.8 Å². The molecule has 1 amide bonds. The zero-order valence-electron chi connectivity index (χ0n) is 14.3. The maximum atomic E-state index is 12.6. The van der Waals surface area contributed by atoms with Gasteiger partial charge < -0.3 is 0 Å². The van der Waals surface area contributed by atoms with Gasteiger partial charge in [-0.1, -0.05) is 37.3 Å². The number of nitrogens with zero attached hydrogens (tertiary/aromatic N) is 5. The van der Waals surface area contributed by atoms with Gasteiger partial charge in [0.2, 0.25) is 6.04 Å². The summed E-state index contributed by atoms with van der Waals surface area (Å²) in [6.45, 7) is 1.53. The molecule has 9 heteroatoms. The molecule has 0 aromatic heterocycles. The number of sulfone groups is 1. The number of para-hydroxylation sites is 1. The van der Waals surface area contributed by atoms with Crippen LogP contribution in [0.5, 0.6) is 0 Å². The number of carbonyl (C=O) groups is 1. The Bertz CT molecular complexity index is 1070. The van der Waals surface area contributed by atoms with Crippen LogP contribution in [-0.2, 0) is 14.6 Å². The molecule has 1 heterocycles. The largest absolute Gasteiger partial charge is 0.281 e. The van der Waals surface area contributed by atoms with Gasteiger partial charge in [-0.25, -0.2) is 8.42 Å². The van der Waals surface area contributed by atoms with Gasteiger partial charge in [0.05, 0.1) is 16.3 Å². The van der Waals surface area contributed by atoms with Crippen LogP contribution >= 0.6 is 0 Å². The van der Waals surface area contributed by atoms with E-state index < -0.39 is 21.8 Å². The van der Waals surface area contributed by atoms with Crippen LogP contribution in [-0.4, -0.2) is 31.8 Å². The van der Waals surface area contributed by atoms with Gasteiger partial charge in [0.15, 0.2) is 15.5 Å². The maximum absolute atomic E-state index is 12.6. The Kier molecular flexibility index (Phi) is 5.09. The Labute approximate surface area is 156 Å². The number of azo groups is 1. The van der Waals surface area contributed by atoms with Crippen LogP contribution in [0.1, 0.15) is 6.92 Å². The van der Waals surface area contributed by atoms with E-state index in [2.05, 4.69) is 15.3 Å². The fourth-order valence-electron chi connectivity index (χ4n) is 2.46. The topological polar surface area (TPSA) is 115 Å². The highest BCUT2D eigenvalue weighted by molar-refractivity contribution is 7.91. The van der Waals surface area contributed by atoms with Gasteiger partial charge in [-0.05, 0) is 24.3 Å². The molecular formula is C18H15N5O3S. The van der Waals surface area contributed by atoms with E-state index in [-0.39, 0.29) is 22.0 Å². The molecule has 1 unspecified atom stereocenters. The minimum atomic E-state index is -3.51. The summed E-state index contributed by atoms with van der Waals surface area (Å²) in [5, 5.41) is 22.3. The number of hydrogen-bond donors (Lipinski definition) is 0. The second-order valence-corrected chi connectivity index (χ2v) is 7.82. The number of benzene rings is 2. The van der Waals surface area contributed by atoms with Crippen LogP contribution in [0.15, 0.2) is 74.8 Å². The first kappa shape index (κ1) is 18.4. The van der Waals surface area contributed by atoms with Gasteiger partial charge >= 0.3 is 0 Å². The first-order chi connectivity index (χ1) is 13.0. The van der Waals surface area contributed by atoms with E-state index >= 15 is 0 Å². The first-order valence-corrected chi connectivity index (χ1v) is 9.73. The summed E-state index contributed by atoms with van der Waals surface area (Å²) < 4.78 is 24.4. The van der Waals surface area contributed by atoms with Crippen molar-refractivity contribution in [2.75, 3.05) is 10.8 Å². The van der Waals surface area contributed by atoms with Gasteiger partial charge in [-0.3, -0.25) is 4.79 Å². The summed E-state index contributed by atoms with van der Waals surface area (Å²) in [4.78, 5) is 12.6. The van der Waals surface area contributed by atoms with E-state index in [0.29, 0.717) is 5.69 Å². The Morgan fingerprint density at radius 2 is 1.81 bits per heavy atom. The standard InChI is InChI=1S/C18H15N5O3S/c1-2-27(25,26)16-11-7-6-10-14(16)20-21-17-15(12-19)22-23(18(17)24)13-8-4-3-5-9-13/h3-11,17H,2H2,1H3. The predicted molar refractivity (Wildman–Crippen MR) is 99.4 cm³/mol. The normalized spacial score (nSPS) is 17.2. The maximum Gasteiger partial charge on any atom is 0.281 e. The molecule has 1 atom stereocenters. The Balaban J connectivity index is 1.94. The minimum Gasteiger partial charge on any atom is -0.269 e. The van der Waals surface area contributed by atoms with Crippen LogP contribution in [0.4, 0.5) is 11.4 Å². The molecule has 8 nitrogen and oxygen atoms in total. The molecule has 3 rings (SSSR count). The number of carbonyl (C=O) groups excluding carboxylic acids is 1. The second-order valence-electron chi connectivity index (χ2n) is 5.57. The molecule has 1 aliphatic rings. The lowest BCUT2D eigenvalue weighted by Gasteiger charge is -2.11. The first-order valence-electron chi connectivity index (χ1n) is 8.08. The fraction of sp³-hybridized carbons (Fsp3) is 0.167. The van der Waals surface area contributed by atoms with Crippen molar-refractivity contribution in [3.05, 3.63) is 54.6 Å². The van der Waals surface area contributed by atoms with Crippen molar-refractivity contribution in [1.29, 1.82) is 5.26 Å².